The molecule has 0 aliphatic rings. The van der Waals surface area contributed by atoms with E-state index >= 15 is 0 Å². The van der Waals surface area contributed by atoms with E-state index in [9.17, 15) is 0 Å². The van der Waals surface area contributed by atoms with Gasteiger partial charge in [-0.1, -0.05) is 30.0 Å². The summed E-state index contributed by atoms with van der Waals surface area (Å²) in [5, 5.41) is 12.2. The van der Waals surface area contributed by atoms with Crippen LogP contribution in [0, 0.1) is 0 Å². The maximum Gasteiger partial charge on any atom is 0.0868 e. The van der Waals surface area contributed by atoms with Crippen LogP contribution in [0.25, 0.3) is 0 Å². The second-order valence-corrected chi connectivity index (χ2v) is 4.98. The predicted molar refractivity (Wildman–Crippen MR) is 70.2 cm³/mol. The summed E-state index contributed by atoms with van der Waals surface area (Å²) in [5.41, 5.74) is 8.23. The van der Waals surface area contributed by atoms with Crippen molar-refractivity contribution in [2.45, 2.75) is 45.7 Å². The van der Waals surface area contributed by atoms with E-state index in [0.29, 0.717) is 0 Å². The molecule has 0 saturated carbocycles. The highest BCUT2D eigenvalue weighted by atomic mass is 32.1. The smallest absolute Gasteiger partial charge is 0.0868 e. The second kappa shape index (κ2) is 6.01. The molecule has 0 aromatic carbocycles. The average molecular weight is 266 g/mol. The van der Waals surface area contributed by atoms with Crippen LogP contribution in [0.5, 0.6) is 0 Å². The minimum absolute atomic E-state index is 0.229. The zero-order valence-corrected chi connectivity index (χ0v) is 11.5. The number of hydrogen-bond donors (Lipinski definition) is 1. The molecule has 0 aliphatic carbocycles. The van der Waals surface area contributed by atoms with Crippen LogP contribution in [0.3, 0.4) is 0 Å². The van der Waals surface area contributed by atoms with Crippen molar-refractivity contribution in [2.24, 2.45) is 5.73 Å². The topological polar surface area (TPSA) is 82.5 Å². The van der Waals surface area contributed by atoms with Crippen molar-refractivity contribution in [3.05, 3.63) is 22.5 Å². The van der Waals surface area contributed by atoms with Gasteiger partial charge in [0.2, 0.25) is 0 Å². The third-order valence-corrected chi connectivity index (χ3v) is 3.61. The van der Waals surface area contributed by atoms with Crippen LogP contribution >= 0.6 is 11.5 Å². The fraction of sp³-hybridized carbons (Fsp3) is 0.636. The summed E-state index contributed by atoms with van der Waals surface area (Å²) >= 11 is 1.37. The summed E-state index contributed by atoms with van der Waals surface area (Å²) in [6.45, 7) is 5.06. The van der Waals surface area contributed by atoms with Gasteiger partial charge in [-0.15, -0.1) is 10.2 Å². The summed E-state index contributed by atoms with van der Waals surface area (Å²) in [7, 11) is 0. The highest BCUT2D eigenvalue weighted by Crippen LogP contribution is 2.25. The van der Waals surface area contributed by atoms with Gasteiger partial charge in [0, 0.05) is 6.54 Å². The van der Waals surface area contributed by atoms with Gasteiger partial charge >= 0.3 is 0 Å². The third-order valence-electron chi connectivity index (χ3n) is 2.76. The molecular weight excluding hydrogens is 248 g/mol. The van der Waals surface area contributed by atoms with Crippen LogP contribution in [0.1, 0.15) is 49.0 Å². The van der Waals surface area contributed by atoms with E-state index in [1.54, 1.807) is 6.20 Å². The van der Waals surface area contributed by atoms with Crippen molar-refractivity contribution >= 4 is 11.5 Å². The van der Waals surface area contributed by atoms with Crippen molar-refractivity contribution in [3.8, 4) is 0 Å². The van der Waals surface area contributed by atoms with E-state index < -0.39 is 0 Å². The molecule has 0 saturated heterocycles. The van der Waals surface area contributed by atoms with Gasteiger partial charge in [0.25, 0.3) is 0 Å². The second-order valence-electron chi connectivity index (χ2n) is 4.19. The van der Waals surface area contributed by atoms with E-state index in [0.717, 1.165) is 42.1 Å². The van der Waals surface area contributed by atoms with Gasteiger partial charge in [-0.25, -0.2) is 4.68 Å². The lowest BCUT2D eigenvalue weighted by Gasteiger charge is -2.11. The Morgan fingerprint density at radius 2 is 2.22 bits per heavy atom. The van der Waals surface area contributed by atoms with Crippen molar-refractivity contribution in [1.29, 1.82) is 0 Å². The molecule has 0 radical (unpaired) electrons. The first-order chi connectivity index (χ1) is 8.77. The van der Waals surface area contributed by atoms with Gasteiger partial charge in [0.05, 0.1) is 28.5 Å². The molecular formula is C11H18N6S. The Labute approximate surface area is 110 Å². The van der Waals surface area contributed by atoms with Crippen LogP contribution < -0.4 is 5.73 Å². The van der Waals surface area contributed by atoms with Gasteiger partial charge in [0.15, 0.2) is 0 Å². The zero-order chi connectivity index (χ0) is 13.0. The first-order valence-corrected chi connectivity index (χ1v) is 7.00. The minimum Gasteiger partial charge on any atom is -0.318 e. The molecule has 0 aliphatic heterocycles. The highest BCUT2D eigenvalue weighted by molar-refractivity contribution is 7.05. The van der Waals surface area contributed by atoms with Crippen molar-refractivity contribution < 1.29 is 0 Å². The Balaban J connectivity index is 2.26. The maximum atomic E-state index is 6.30. The summed E-state index contributed by atoms with van der Waals surface area (Å²) in [6.07, 6.45) is 4.69. The minimum atomic E-state index is -0.229. The molecule has 6 nitrogen and oxygen atoms in total. The number of nitrogens with two attached hydrogens (primary N) is 1. The molecule has 2 heterocycles. The summed E-state index contributed by atoms with van der Waals surface area (Å²) in [4.78, 5) is 1.02. The molecule has 0 bridgehead atoms. The van der Waals surface area contributed by atoms with E-state index in [1.165, 1.54) is 11.5 Å². The molecule has 0 amide bonds. The number of hydrogen-bond acceptors (Lipinski definition) is 6. The van der Waals surface area contributed by atoms with Crippen molar-refractivity contribution in [3.63, 3.8) is 0 Å². The zero-order valence-electron chi connectivity index (χ0n) is 10.7. The fourth-order valence-electron chi connectivity index (χ4n) is 1.89. The van der Waals surface area contributed by atoms with Crippen LogP contribution in [0.15, 0.2) is 6.20 Å². The van der Waals surface area contributed by atoms with Gasteiger partial charge in [-0.2, -0.15) is 0 Å². The maximum absolute atomic E-state index is 6.30. The number of rotatable bonds is 6. The van der Waals surface area contributed by atoms with Crippen molar-refractivity contribution in [2.75, 3.05) is 0 Å². The standard InChI is InChI=1S/C11H18N6S/c1-3-5-8-11(18-16-14-8)10(12)9-7-13-15-17(9)6-4-2/h7,10H,3-6,12H2,1-2H3. The Morgan fingerprint density at radius 1 is 1.39 bits per heavy atom. The number of aromatic nitrogens is 5. The molecule has 2 N–H and O–H groups in total. The molecule has 2 aromatic heterocycles. The lowest BCUT2D eigenvalue weighted by atomic mass is 10.1. The first kappa shape index (κ1) is 13.1. The summed E-state index contributed by atoms with van der Waals surface area (Å²) in [5.74, 6) is 0. The molecule has 0 fully saturated rings. The first-order valence-electron chi connectivity index (χ1n) is 6.23. The highest BCUT2D eigenvalue weighted by Gasteiger charge is 2.20. The number of aryl methyl sites for hydroxylation is 2. The summed E-state index contributed by atoms with van der Waals surface area (Å²) < 4.78 is 5.87. The van der Waals surface area contributed by atoms with Crippen LogP contribution in [-0.2, 0) is 13.0 Å². The van der Waals surface area contributed by atoms with E-state index in [4.69, 9.17) is 5.73 Å². The molecule has 1 atom stereocenters. The lowest BCUT2D eigenvalue weighted by Crippen LogP contribution is -2.18. The molecule has 2 rings (SSSR count). The Bertz CT molecular complexity index is 447. The quantitative estimate of drug-likeness (QED) is 0.857. The van der Waals surface area contributed by atoms with Crippen molar-refractivity contribution in [1.82, 2.24) is 24.6 Å². The third kappa shape index (κ3) is 2.56. The number of nitrogens with zero attached hydrogens (tertiary/aromatic N) is 5. The van der Waals surface area contributed by atoms with E-state index in [1.807, 2.05) is 4.68 Å². The molecule has 0 spiro atoms. The normalized spacial score (nSPS) is 12.8. The van der Waals surface area contributed by atoms with E-state index in [2.05, 4.69) is 33.7 Å². The summed E-state index contributed by atoms with van der Waals surface area (Å²) in [6, 6.07) is -0.229. The van der Waals surface area contributed by atoms with E-state index in [-0.39, 0.29) is 6.04 Å². The molecule has 1 unspecified atom stereocenters. The molecule has 98 valence electrons. The van der Waals surface area contributed by atoms with Gasteiger partial charge in [-0.3, -0.25) is 0 Å². The molecule has 18 heavy (non-hydrogen) atoms. The monoisotopic (exact) mass is 266 g/mol. The predicted octanol–water partition coefficient (Wildman–Crippen LogP) is 1.54. The SMILES string of the molecule is CCCc1nnsc1C(N)c1cnnn1CCC. The van der Waals surface area contributed by atoms with Gasteiger partial charge < -0.3 is 5.73 Å². The van der Waals surface area contributed by atoms with Gasteiger partial charge in [0.1, 0.15) is 0 Å². The lowest BCUT2D eigenvalue weighted by molar-refractivity contribution is 0.544. The van der Waals surface area contributed by atoms with Gasteiger partial charge in [-0.05, 0) is 24.4 Å². The van der Waals surface area contributed by atoms with Crippen LogP contribution in [0.4, 0.5) is 0 Å². The molecule has 7 heteroatoms. The molecule has 2 aromatic rings. The fourth-order valence-corrected chi connectivity index (χ4v) is 2.60. The van der Waals surface area contributed by atoms with Crippen LogP contribution in [-0.4, -0.2) is 24.6 Å². The Hall–Kier alpha value is -1.34. The Morgan fingerprint density at radius 3 is 2.94 bits per heavy atom. The van der Waals surface area contributed by atoms with Crippen LogP contribution in [0.2, 0.25) is 0 Å². The Kier molecular flexibility index (Phi) is 4.38. The average Bonchev–Trinajstić information content (AvgIpc) is 2.98. The largest absolute Gasteiger partial charge is 0.318 e.